The van der Waals surface area contributed by atoms with E-state index in [0.717, 1.165) is 11.8 Å². The first-order valence-electron chi connectivity index (χ1n) is 5.64. The molecular formula is C12H16ClNO4S. The van der Waals surface area contributed by atoms with Gasteiger partial charge < -0.3 is 14.9 Å². The van der Waals surface area contributed by atoms with Gasteiger partial charge in [0.1, 0.15) is 6.10 Å². The van der Waals surface area contributed by atoms with Gasteiger partial charge in [-0.05, 0) is 12.5 Å². The highest BCUT2D eigenvalue weighted by Crippen LogP contribution is 2.29. The number of aromatic nitrogens is 1. The Hall–Kier alpha value is -0.820. The van der Waals surface area contributed by atoms with Crippen LogP contribution in [0.4, 0.5) is 0 Å². The summed E-state index contributed by atoms with van der Waals surface area (Å²) in [5, 5.41) is 20.3. The number of rotatable bonds is 6. The van der Waals surface area contributed by atoms with Gasteiger partial charge in [0.15, 0.2) is 5.12 Å². The van der Waals surface area contributed by atoms with Crippen molar-refractivity contribution in [1.82, 2.24) is 4.98 Å². The monoisotopic (exact) mass is 305 g/mol. The van der Waals surface area contributed by atoms with Crippen molar-refractivity contribution in [3.05, 3.63) is 22.8 Å². The molecular weight excluding hydrogens is 290 g/mol. The van der Waals surface area contributed by atoms with E-state index in [2.05, 4.69) is 4.98 Å². The third-order valence-corrected chi connectivity index (χ3v) is 3.49. The molecule has 0 bridgehead atoms. The maximum atomic E-state index is 10.8. The lowest BCUT2D eigenvalue weighted by molar-refractivity contribution is -0.109. The van der Waals surface area contributed by atoms with E-state index >= 15 is 0 Å². The first-order valence-corrected chi connectivity index (χ1v) is 7.01. The van der Waals surface area contributed by atoms with Gasteiger partial charge in [-0.3, -0.25) is 4.79 Å². The molecule has 0 aromatic carbocycles. The fourth-order valence-corrected chi connectivity index (χ4v) is 2.33. The number of aliphatic hydroxyl groups excluding tert-OH is 2. The molecule has 2 N–H and O–H groups in total. The van der Waals surface area contributed by atoms with E-state index in [0.29, 0.717) is 16.3 Å². The Kier molecular flexibility index (Phi) is 6.57. The fourth-order valence-electron chi connectivity index (χ4n) is 1.51. The van der Waals surface area contributed by atoms with E-state index in [1.807, 2.05) is 0 Å². The number of pyridine rings is 1. The summed E-state index contributed by atoms with van der Waals surface area (Å²) in [6.45, 7) is 1.46. The summed E-state index contributed by atoms with van der Waals surface area (Å²) in [7, 11) is 1.42. The highest BCUT2D eigenvalue weighted by atomic mass is 35.5. The molecule has 0 spiro atoms. The van der Waals surface area contributed by atoms with Crippen LogP contribution in [0.2, 0.25) is 5.02 Å². The molecule has 0 radical (unpaired) electrons. The van der Waals surface area contributed by atoms with Crippen LogP contribution >= 0.6 is 23.4 Å². The number of thioether (sulfide) groups is 1. The predicted molar refractivity (Wildman–Crippen MR) is 74.5 cm³/mol. The van der Waals surface area contributed by atoms with Gasteiger partial charge in [-0.2, -0.15) is 0 Å². The maximum absolute atomic E-state index is 10.8. The molecule has 19 heavy (non-hydrogen) atoms. The minimum absolute atomic E-state index is 0.0244. The van der Waals surface area contributed by atoms with E-state index < -0.39 is 12.2 Å². The zero-order valence-electron chi connectivity index (χ0n) is 10.7. The van der Waals surface area contributed by atoms with Crippen molar-refractivity contribution in [1.29, 1.82) is 0 Å². The molecule has 0 saturated heterocycles. The third-order valence-electron chi connectivity index (χ3n) is 2.44. The molecule has 0 fully saturated rings. The molecule has 1 heterocycles. The van der Waals surface area contributed by atoms with Crippen LogP contribution in [0.25, 0.3) is 0 Å². The Labute approximate surface area is 120 Å². The predicted octanol–water partition coefficient (Wildman–Crippen LogP) is 1.81. The number of hydrogen-bond donors (Lipinski definition) is 2. The second kappa shape index (κ2) is 7.69. The van der Waals surface area contributed by atoms with Crippen molar-refractivity contribution in [2.45, 2.75) is 25.6 Å². The van der Waals surface area contributed by atoms with Gasteiger partial charge in [0.25, 0.3) is 0 Å². The summed E-state index contributed by atoms with van der Waals surface area (Å²) >= 11 is 6.91. The van der Waals surface area contributed by atoms with E-state index in [-0.39, 0.29) is 17.4 Å². The number of ether oxygens (including phenoxy) is 1. The zero-order valence-corrected chi connectivity index (χ0v) is 12.2. The van der Waals surface area contributed by atoms with Gasteiger partial charge in [0, 0.05) is 24.4 Å². The van der Waals surface area contributed by atoms with Gasteiger partial charge in [0.2, 0.25) is 5.88 Å². The lowest BCUT2D eigenvalue weighted by Crippen LogP contribution is -2.20. The molecule has 0 amide bonds. The van der Waals surface area contributed by atoms with Crippen molar-refractivity contribution in [2.75, 3.05) is 12.9 Å². The van der Waals surface area contributed by atoms with Crippen LogP contribution in [0.5, 0.6) is 5.88 Å². The summed E-state index contributed by atoms with van der Waals surface area (Å²) < 4.78 is 5.01. The molecule has 1 aromatic rings. The Morgan fingerprint density at radius 1 is 1.58 bits per heavy atom. The zero-order chi connectivity index (χ0) is 14.4. The van der Waals surface area contributed by atoms with Crippen LogP contribution < -0.4 is 4.74 Å². The number of nitrogens with zero attached hydrogens (tertiary/aromatic N) is 1. The van der Waals surface area contributed by atoms with Crippen LogP contribution in [0.15, 0.2) is 12.3 Å². The molecule has 0 saturated carbocycles. The molecule has 7 heteroatoms. The molecule has 106 valence electrons. The molecule has 0 aliphatic heterocycles. The molecule has 0 aliphatic carbocycles. The molecule has 0 aliphatic rings. The van der Waals surface area contributed by atoms with Crippen LogP contribution in [0.3, 0.4) is 0 Å². The van der Waals surface area contributed by atoms with Crippen LogP contribution in [-0.4, -0.2) is 39.3 Å². The first kappa shape index (κ1) is 16.2. The SMILES string of the molecule is COc1ncc(Cl)cc1C(O)C(O)CCSC(C)=O. The summed E-state index contributed by atoms with van der Waals surface area (Å²) in [5.41, 5.74) is 0.329. The second-order valence-corrected chi connectivity index (χ2v) is 5.60. The Morgan fingerprint density at radius 3 is 2.84 bits per heavy atom. The molecule has 2 atom stereocenters. The molecule has 5 nitrogen and oxygen atoms in total. The second-order valence-electron chi connectivity index (χ2n) is 3.89. The summed E-state index contributed by atoms with van der Waals surface area (Å²) in [4.78, 5) is 14.7. The average Bonchev–Trinajstić information content (AvgIpc) is 2.37. The van der Waals surface area contributed by atoms with Gasteiger partial charge in [-0.25, -0.2) is 4.98 Å². The number of halogens is 1. The number of carbonyl (C=O) groups is 1. The standard InChI is InChI=1S/C12H16ClNO4S/c1-7(15)19-4-3-10(16)11(17)9-5-8(13)6-14-12(9)18-2/h5-6,10-11,16-17H,3-4H2,1-2H3. The quantitative estimate of drug-likeness (QED) is 0.834. The topological polar surface area (TPSA) is 79.7 Å². The Bertz CT molecular complexity index is 444. The van der Waals surface area contributed by atoms with Gasteiger partial charge in [-0.15, -0.1) is 0 Å². The van der Waals surface area contributed by atoms with Crippen LogP contribution in [0, 0.1) is 0 Å². The maximum Gasteiger partial charge on any atom is 0.219 e. The fraction of sp³-hybridized carbons (Fsp3) is 0.500. The van der Waals surface area contributed by atoms with Crippen molar-refractivity contribution >= 4 is 28.5 Å². The molecule has 2 unspecified atom stereocenters. The summed E-state index contributed by atoms with van der Waals surface area (Å²) in [6.07, 6.45) is -0.495. The van der Waals surface area contributed by atoms with Crippen molar-refractivity contribution in [3.8, 4) is 5.88 Å². The summed E-state index contributed by atoms with van der Waals surface area (Å²) in [5.74, 6) is 0.652. The van der Waals surface area contributed by atoms with Crippen molar-refractivity contribution in [2.24, 2.45) is 0 Å². The van der Waals surface area contributed by atoms with Gasteiger partial charge in [0.05, 0.1) is 18.2 Å². The molecule has 1 aromatic heterocycles. The largest absolute Gasteiger partial charge is 0.481 e. The van der Waals surface area contributed by atoms with E-state index in [4.69, 9.17) is 16.3 Å². The highest BCUT2D eigenvalue weighted by Gasteiger charge is 2.23. The van der Waals surface area contributed by atoms with E-state index in [1.165, 1.54) is 26.3 Å². The average molecular weight is 306 g/mol. The third kappa shape index (κ3) is 4.99. The Balaban J connectivity index is 2.72. The number of aliphatic hydroxyl groups is 2. The van der Waals surface area contributed by atoms with E-state index in [9.17, 15) is 15.0 Å². The van der Waals surface area contributed by atoms with Crippen LogP contribution in [0.1, 0.15) is 25.0 Å². The van der Waals surface area contributed by atoms with Crippen LogP contribution in [-0.2, 0) is 4.79 Å². The first-order chi connectivity index (χ1) is 8.95. The number of hydrogen-bond acceptors (Lipinski definition) is 6. The molecule has 1 rings (SSSR count). The normalized spacial score (nSPS) is 13.9. The van der Waals surface area contributed by atoms with E-state index in [1.54, 1.807) is 0 Å². The lowest BCUT2D eigenvalue weighted by Gasteiger charge is -2.19. The van der Waals surface area contributed by atoms with Crippen molar-refractivity contribution < 1.29 is 19.7 Å². The minimum atomic E-state index is -1.16. The number of methoxy groups -OCH3 is 1. The van der Waals surface area contributed by atoms with Gasteiger partial charge in [-0.1, -0.05) is 23.4 Å². The highest BCUT2D eigenvalue weighted by molar-refractivity contribution is 8.13. The number of carbonyl (C=O) groups excluding carboxylic acids is 1. The van der Waals surface area contributed by atoms with Crippen molar-refractivity contribution in [3.63, 3.8) is 0 Å². The lowest BCUT2D eigenvalue weighted by atomic mass is 10.0. The summed E-state index contributed by atoms with van der Waals surface area (Å²) in [6, 6.07) is 1.50. The Morgan fingerprint density at radius 2 is 2.26 bits per heavy atom. The smallest absolute Gasteiger partial charge is 0.219 e. The van der Waals surface area contributed by atoms with Gasteiger partial charge >= 0.3 is 0 Å². The minimum Gasteiger partial charge on any atom is -0.481 e.